The fourth-order valence-corrected chi connectivity index (χ4v) is 5.13. The Labute approximate surface area is 237 Å². The van der Waals surface area contributed by atoms with Crippen LogP contribution in [-0.2, 0) is 0 Å². The van der Waals surface area contributed by atoms with Crippen molar-refractivity contribution in [2.75, 3.05) is 16.8 Å². The topological polar surface area (TPSA) is 6.48 Å². The van der Waals surface area contributed by atoms with Crippen molar-refractivity contribution in [1.29, 1.82) is 0 Å². The first-order chi connectivity index (χ1) is 19.7. The Balaban J connectivity index is 1.22. The summed E-state index contributed by atoms with van der Waals surface area (Å²) in [6, 6.07) is 56.1. The molecule has 0 heterocycles. The molecule has 0 aromatic heterocycles. The van der Waals surface area contributed by atoms with Crippen molar-refractivity contribution in [3.63, 3.8) is 0 Å². The van der Waals surface area contributed by atoms with Crippen LogP contribution < -0.4 is 9.80 Å². The lowest BCUT2D eigenvalue weighted by atomic mass is 9.99. The number of nitrogens with zero attached hydrogens (tertiary/aromatic N) is 2. The van der Waals surface area contributed by atoms with Crippen molar-refractivity contribution >= 4 is 28.4 Å². The highest BCUT2D eigenvalue weighted by molar-refractivity contribution is 5.79. The zero-order valence-corrected chi connectivity index (χ0v) is 22.9. The maximum atomic E-state index is 2.30. The normalized spacial score (nSPS) is 10.8. The van der Waals surface area contributed by atoms with Gasteiger partial charge in [0.05, 0.1) is 0 Å². The number of anilines is 5. The third kappa shape index (κ3) is 5.39. The first-order valence-corrected chi connectivity index (χ1v) is 13.7. The second-order valence-electron chi connectivity index (χ2n) is 10.1. The molecule has 194 valence electrons. The molecule has 0 aliphatic carbocycles. The molecule has 40 heavy (non-hydrogen) atoms. The summed E-state index contributed by atoms with van der Waals surface area (Å²) >= 11 is 0. The van der Waals surface area contributed by atoms with Crippen molar-refractivity contribution < 1.29 is 0 Å². The van der Waals surface area contributed by atoms with Crippen LogP contribution in [0.15, 0.2) is 158 Å². The van der Waals surface area contributed by atoms with Crippen LogP contribution in [0, 0.1) is 6.92 Å². The molecule has 2 nitrogen and oxygen atoms in total. The average Bonchev–Trinajstić information content (AvgIpc) is 3.02. The van der Waals surface area contributed by atoms with Crippen molar-refractivity contribution in [2.24, 2.45) is 0 Å². The van der Waals surface area contributed by atoms with Crippen molar-refractivity contribution in [3.8, 4) is 22.3 Å². The van der Waals surface area contributed by atoms with Crippen LogP contribution in [0.4, 0.5) is 28.4 Å². The molecule has 0 saturated carbocycles. The van der Waals surface area contributed by atoms with E-state index in [0.29, 0.717) is 0 Å². The van der Waals surface area contributed by atoms with Crippen molar-refractivity contribution in [1.82, 2.24) is 0 Å². The summed E-state index contributed by atoms with van der Waals surface area (Å²) in [5.41, 5.74) is 11.9. The molecule has 0 spiro atoms. The summed E-state index contributed by atoms with van der Waals surface area (Å²) in [6.07, 6.45) is 0. The molecule has 0 aliphatic rings. The number of para-hydroxylation sites is 2. The van der Waals surface area contributed by atoms with Gasteiger partial charge in [-0.1, -0.05) is 97.1 Å². The highest BCUT2D eigenvalue weighted by Gasteiger charge is 2.12. The standard InChI is InChI=1S/C38H32N2/c1-29-10-9-15-38(28-29)40(36-13-7-4-8-14-36)37-26-22-33(23-27-37)31-18-16-30(17-19-31)32-20-24-35(25-21-32)39(2)34-11-5-3-6-12-34/h3-28H,1-2H3. The van der Waals surface area contributed by atoms with Gasteiger partial charge in [0, 0.05) is 35.5 Å². The van der Waals surface area contributed by atoms with Crippen LogP contribution in [0.25, 0.3) is 22.3 Å². The molecule has 0 bridgehead atoms. The first kappa shape index (κ1) is 25.2. The lowest BCUT2D eigenvalue weighted by Crippen LogP contribution is -2.09. The van der Waals surface area contributed by atoms with E-state index in [-0.39, 0.29) is 0 Å². The molecule has 0 N–H and O–H groups in total. The van der Waals surface area contributed by atoms with E-state index >= 15 is 0 Å². The largest absolute Gasteiger partial charge is 0.345 e. The highest BCUT2D eigenvalue weighted by Crippen LogP contribution is 2.36. The zero-order valence-electron chi connectivity index (χ0n) is 22.9. The third-order valence-electron chi connectivity index (χ3n) is 7.35. The van der Waals surface area contributed by atoms with Gasteiger partial charge in [-0.05, 0) is 95.4 Å². The molecule has 0 aliphatic heterocycles. The van der Waals surface area contributed by atoms with Gasteiger partial charge in [-0.3, -0.25) is 0 Å². The average molecular weight is 517 g/mol. The predicted octanol–water partition coefficient (Wildman–Crippen LogP) is 10.6. The Kier molecular flexibility index (Phi) is 7.15. The molecule has 0 amide bonds. The molecule has 6 rings (SSSR count). The summed E-state index contributed by atoms with van der Waals surface area (Å²) < 4.78 is 0. The molecule has 0 unspecified atom stereocenters. The lowest BCUT2D eigenvalue weighted by Gasteiger charge is -2.26. The van der Waals surface area contributed by atoms with Crippen LogP contribution in [0.1, 0.15) is 5.56 Å². The van der Waals surface area contributed by atoms with Gasteiger partial charge in [-0.2, -0.15) is 0 Å². The fourth-order valence-electron chi connectivity index (χ4n) is 5.13. The van der Waals surface area contributed by atoms with E-state index in [9.17, 15) is 0 Å². The van der Waals surface area contributed by atoms with Crippen LogP contribution in [0.3, 0.4) is 0 Å². The minimum atomic E-state index is 1.14. The molecule has 6 aromatic rings. The second kappa shape index (κ2) is 11.3. The summed E-state index contributed by atoms with van der Waals surface area (Å²) in [7, 11) is 2.10. The Bertz CT molecular complexity index is 1670. The van der Waals surface area contributed by atoms with E-state index in [1.54, 1.807) is 0 Å². The summed E-state index contributed by atoms with van der Waals surface area (Å²) in [6.45, 7) is 2.14. The van der Waals surface area contributed by atoms with E-state index in [0.717, 1.165) is 17.1 Å². The number of rotatable bonds is 7. The molecule has 0 radical (unpaired) electrons. The van der Waals surface area contributed by atoms with E-state index in [4.69, 9.17) is 0 Å². The van der Waals surface area contributed by atoms with Gasteiger partial charge in [0.1, 0.15) is 0 Å². The van der Waals surface area contributed by atoms with Gasteiger partial charge in [0.25, 0.3) is 0 Å². The van der Waals surface area contributed by atoms with E-state index in [1.807, 2.05) is 6.07 Å². The highest BCUT2D eigenvalue weighted by atomic mass is 15.1. The summed E-state index contributed by atoms with van der Waals surface area (Å²) in [4.78, 5) is 4.51. The Morgan fingerprint density at radius 2 is 0.725 bits per heavy atom. The van der Waals surface area contributed by atoms with Crippen molar-refractivity contribution in [2.45, 2.75) is 6.92 Å². The maximum absolute atomic E-state index is 2.30. The molecule has 0 fully saturated rings. The van der Waals surface area contributed by atoms with Gasteiger partial charge in [0.2, 0.25) is 0 Å². The molecular formula is C38H32N2. The second-order valence-corrected chi connectivity index (χ2v) is 10.1. The minimum Gasteiger partial charge on any atom is -0.345 e. The molecule has 2 heteroatoms. The molecular weight excluding hydrogens is 484 g/mol. The van der Waals surface area contributed by atoms with Crippen molar-refractivity contribution in [3.05, 3.63) is 163 Å². The third-order valence-corrected chi connectivity index (χ3v) is 7.35. The first-order valence-electron chi connectivity index (χ1n) is 13.7. The maximum Gasteiger partial charge on any atom is 0.0464 e. The SMILES string of the molecule is Cc1cccc(N(c2ccccc2)c2ccc(-c3ccc(-c4ccc(N(C)c5ccccc5)cc4)cc3)cc2)c1. The summed E-state index contributed by atoms with van der Waals surface area (Å²) in [5.74, 6) is 0. The number of aryl methyl sites for hydroxylation is 1. The fraction of sp³-hybridized carbons (Fsp3) is 0.0526. The number of benzene rings is 6. The minimum absolute atomic E-state index is 1.14. The van der Waals surface area contributed by atoms with Gasteiger partial charge in [-0.25, -0.2) is 0 Å². The monoisotopic (exact) mass is 516 g/mol. The quantitative estimate of drug-likeness (QED) is 0.208. The van der Waals surface area contributed by atoms with E-state index in [2.05, 4.69) is 175 Å². The molecule has 0 saturated heterocycles. The molecule has 6 aromatic carbocycles. The van der Waals surface area contributed by atoms with Crippen LogP contribution in [0.5, 0.6) is 0 Å². The van der Waals surface area contributed by atoms with Crippen LogP contribution in [0.2, 0.25) is 0 Å². The van der Waals surface area contributed by atoms with Gasteiger partial charge in [0.15, 0.2) is 0 Å². The van der Waals surface area contributed by atoms with Gasteiger partial charge >= 0.3 is 0 Å². The summed E-state index contributed by atoms with van der Waals surface area (Å²) in [5, 5.41) is 0. The van der Waals surface area contributed by atoms with E-state index in [1.165, 1.54) is 39.2 Å². The Hall–Kier alpha value is -5.08. The van der Waals surface area contributed by atoms with Crippen LogP contribution in [-0.4, -0.2) is 7.05 Å². The smallest absolute Gasteiger partial charge is 0.0464 e. The van der Waals surface area contributed by atoms with Crippen LogP contribution >= 0.6 is 0 Å². The van der Waals surface area contributed by atoms with Gasteiger partial charge < -0.3 is 9.80 Å². The van der Waals surface area contributed by atoms with Gasteiger partial charge in [-0.15, -0.1) is 0 Å². The van der Waals surface area contributed by atoms with E-state index < -0.39 is 0 Å². The predicted molar refractivity (Wildman–Crippen MR) is 171 cm³/mol. The Morgan fingerprint density at radius 3 is 1.23 bits per heavy atom. The number of hydrogen-bond donors (Lipinski definition) is 0. The zero-order chi connectivity index (χ0) is 27.3. The number of hydrogen-bond acceptors (Lipinski definition) is 2. The Morgan fingerprint density at radius 1 is 0.350 bits per heavy atom. The lowest BCUT2D eigenvalue weighted by molar-refractivity contribution is 1.21. The molecule has 0 atom stereocenters.